The lowest BCUT2D eigenvalue weighted by Gasteiger charge is -2.28. The van der Waals surface area contributed by atoms with Gasteiger partial charge in [-0.05, 0) is 71.4 Å². The molecule has 7 nitrogen and oxygen atoms in total. The van der Waals surface area contributed by atoms with Crippen molar-refractivity contribution in [2.24, 2.45) is 17.8 Å². The number of aromatic nitrogens is 1. The van der Waals surface area contributed by atoms with Gasteiger partial charge in [0, 0.05) is 37.5 Å². The smallest absolute Gasteiger partial charge is 0.306 e. The number of hydrogen-bond donors (Lipinski definition) is 1. The highest BCUT2D eigenvalue weighted by Gasteiger charge is 2.44. The number of aliphatic carboxylic acids is 1. The molecule has 6 rings (SSSR count). The molecule has 3 heterocycles. The Kier molecular flexibility index (Phi) is 6.74. The summed E-state index contributed by atoms with van der Waals surface area (Å²) in [6, 6.07) is 16.7. The lowest BCUT2D eigenvalue weighted by atomic mass is 9.90. The number of likely N-dealkylation sites (tertiary alicyclic amines) is 1. The second-order valence-electron chi connectivity index (χ2n) is 11.3. The van der Waals surface area contributed by atoms with Crippen LogP contribution in [-0.4, -0.2) is 41.2 Å². The fourth-order valence-electron chi connectivity index (χ4n) is 6.15. The Morgan fingerprint density at radius 3 is 2.77 bits per heavy atom. The van der Waals surface area contributed by atoms with Crippen LogP contribution in [0.3, 0.4) is 0 Å². The molecule has 1 saturated carbocycles. The molecular formula is C32H33N3O4. The number of carboxylic acids is 1. The number of aryl methyl sites for hydroxylation is 1. The number of pyridine rings is 1. The molecule has 4 atom stereocenters. The van der Waals surface area contributed by atoms with Crippen LogP contribution in [0.1, 0.15) is 53.7 Å². The van der Waals surface area contributed by atoms with Gasteiger partial charge >= 0.3 is 5.97 Å². The molecule has 2 aromatic carbocycles. The van der Waals surface area contributed by atoms with E-state index in [1.54, 1.807) is 20.2 Å². The van der Waals surface area contributed by atoms with Crippen molar-refractivity contribution in [3.8, 4) is 28.8 Å². The normalized spacial score (nSPS) is 22.2. The Bertz CT molecular complexity index is 1450. The van der Waals surface area contributed by atoms with Gasteiger partial charge in [-0.15, -0.1) is 0 Å². The van der Waals surface area contributed by atoms with Gasteiger partial charge in [-0.2, -0.15) is 5.26 Å². The van der Waals surface area contributed by atoms with E-state index in [0.717, 1.165) is 77.9 Å². The van der Waals surface area contributed by atoms with Crippen molar-refractivity contribution in [1.29, 1.82) is 5.26 Å². The number of hydrogen-bond acceptors (Lipinski definition) is 6. The quantitative estimate of drug-likeness (QED) is 0.422. The van der Waals surface area contributed by atoms with E-state index in [9.17, 15) is 15.2 Å². The summed E-state index contributed by atoms with van der Waals surface area (Å²) in [6.07, 6.45) is 5.10. The summed E-state index contributed by atoms with van der Waals surface area (Å²) in [5, 5.41) is 19.1. The number of benzene rings is 2. The molecule has 2 aliphatic heterocycles. The molecule has 0 bridgehead atoms. The summed E-state index contributed by atoms with van der Waals surface area (Å²) in [5.74, 6) is 1.77. The zero-order valence-corrected chi connectivity index (χ0v) is 22.4. The third-order valence-electron chi connectivity index (χ3n) is 8.49. The number of nitriles is 1. The fourth-order valence-corrected chi connectivity index (χ4v) is 6.15. The molecule has 4 unspecified atom stereocenters. The van der Waals surface area contributed by atoms with E-state index in [4.69, 9.17) is 9.47 Å². The van der Waals surface area contributed by atoms with E-state index < -0.39 is 11.9 Å². The molecule has 1 aliphatic carbocycles. The molecule has 0 spiro atoms. The SMILES string of the molecule is COc1cc(-c2ccc(C3CCc4ccc(CC(C)C(=O)O)cc4O3)cc2CN2CC3CC3C2)c(C#N)cn1. The average molecular weight is 524 g/mol. The highest BCUT2D eigenvalue weighted by atomic mass is 16.5. The Balaban J connectivity index is 1.32. The van der Waals surface area contributed by atoms with Gasteiger partial charge in [0.15, 0.2) is 0 Å². The molecular weight excluding hydrogens is 490 g/mol. The van der Waals surface area contributed by atoms with E-state index in [-0.39, 0.29) is 6.10 Å². The second-order valence-corrected chi connectivity index (χ2v) is 11.3. The molecule has 200 valence electrons. The lowest BCUT2D eigenvalue weighted by Crippen LogP contribution is -2.23. The third kappa shape index (κ3) is 5.22. The summed E-state index contributed by atoms with van der Waals surface area (Å²) < 4.78 is 11.9. The molecule has 39 heavy (non-hydrogen) atoms. The first-order valence-electron chi connectivity index (χ1n) is 13.7. The Hall–Kier alpha value is -3.89. The summed E-state index contributed by atoms with van der Waals surface area (Å²) in [7, 11) is 1.59. The third-order valence-corrected chi connectivity index (χ3v) is 8.49. The van der Waals surface area contributed by atoms with E-state index in [0.29, 0.717) is 17.9 Å². The average Bonchev–Trinajstić information content (AvgIpc) is 3.57. The monoisotopic (exact) mass is 523 g/mol. The molecule has 0 amide bonds. The Labute approximate surface area is 229 Å². The van der Waals surface area contributed by atoms with Gasteiger partial charge in [-0.1, -0.05) is 37.3 Å². The number of ether oxygens (including phenoxy) is 2. The molecule has 1 aromatic heterocycles. The molecule has 1 N–H and O–H groups in total. The first-order chi connectivity index (χ1) is 18.9. The summed E-state index contributed by atoms with van der Waals surface area (Å²) in [4.78, 5) is 18.1. The Morgan fingerprint density at radius 2 is 2.03 bits per heavy atom. The van der Waals surface area contributed by atoms with Gasteiger partial charge in [0.05, 0.1) is 18.6 Å². The van der Waals surface area contributed by atoms with Crippen molar-refractivity contribution in [3.05, 3.63) is 76.5 Å². The van der Waals surface area contributed by atoms with Crippen molar-refractivity contribution in [2.45, 2.75) is 45.3 Å². The minimum atomic E-state index is -0.791. The number of carbonyl (C=O) groups is 1. The Morgan fingerprint density at radius 1 is 1.21 bits per heavy atom. The van der Waals surface area contributed by atoms with Crippen molar-refractivity contribution >= 4 is 5.97 Å². The standard InChI is InChI=1S/C32H33N3O4/c1-19(32(36)37)9-20-3-4-21-6-8-29(39-30(21)10-20)22-5-7-27(28-13-31(38-2)34-15-26(28)14-33)25(11-22)18-35-16-23-12-24(23)17-35/h3-5,7,10-11,13,15,19,23-24,29H,6,8-9,12,16-18H2,1-2H3,(H,36,37). The van der Waals surface area contributed by atoms with Crippen molar-refractivity contribution in [3.63, 3.8) is 0 Å². The fraction of sp³-hybridized carbons (Fsp3) is 0.406. The van der Waals surface area contributed by atoms with E-state index in [1.165, 1.54) is 12.0 Å². The first kappa shape index (κ1) is 25.4. The number of piperidine rings is 1. The minimum Gasteiger partial charge on any atom is -0.485 e. The van der Waals surface area contributed by atoms with Crippen LogP contribution in [0.2, 0.25) is 0 Å². The zero-order chi connectivity index (χ0) is 27.1. The van der Waals surface area contributed by atoms with Gasteiger partial charge in [-0.3, -0.25) is 9.69 Å². The molecule has 3 aromatic rings. The maximum Gasteiger partial charge on any atom is 0.306 e. The van der Waals surface area contributed by atoms with E-state index in [2.05, 4.69) is 40.2 Å². The van der Waals surface area contributed by atoms with Crippen LogP contribution < -0.4 is 9.47 Å². The van der Waals surface area contributed by atoms with Crippen LogP contribution in [0, 0.1) is 29.1 Å². The zero-order valence-electron chi connectivity index (χ0n) is 22.4. The highest BCUT2D eigenvalue weighted by Crippen LogP contribution is 2.46. The first-order valence-corrected chi connectivity index (χ1v) is 13.7. The molecule has 1 saturated heterocycles. The number of methoxy groups -OCH3 is 1. The molecule has 2 fully saturated rings. The van der Waals surface area contributed by atoms with Crippen LogP contribution in [0.5, 0.6) is 11.6 Å². The van der Waals surface area contributed by atoms with Gasteiger partial charge in [0.2, 0.25) is 5.88 Å². The van der Waals surface area contributed by atoms with Gasteiger partial charge in [0.25, 0.3) is 0 Å². The van der Waals surface area contributed by atoms with Crippen molar-refractivity contribution in [1.82, 2.24) is 9.88 Å². The van der Waals surface area contributed by atoms with Gasteiger partial charge in [-0.25, -0.2) is 4.98 Å². The van der Waals surface area contributed by atoms with Crippen LogP contribution >= 0.6 is 0 Å². The largest absolute Gasteiger partial charge is 0.485 e. The highest BCUT2D eigenvalue weighted by molar-refractivity contribution is 5.74. The topological polar surface area (TPSA) is 95.7 Å². The molecule has 7 heteroatoms. The second kappa shape index (κ2) is 10.3. The van der Waals surface area contributed by atoms with Crippen LogP contribution in [0.15, 0.2) is 48.7 Å². The van der Waals surface area contributed by atoms with Crippen LogP contribution in [0.25, 0.3) is 11.1 Å². The van der Waals surface area contributed by atoms with E-state index in [1.807, 2.05) is 18.2 Å². The van der Waals surface area contributed by atoms with Crippen molar-refractivity contribution in [2.75, 3.05) is 20.2 Å². The maximum absolute atomic E-state index is 11.3. The van der Waals surface area contributed by atoms with Gasteiger partial charge in [0.1, 0.15) is 17.9 Å². The minimum absolute atomic E-state index is 0.0909. The molecule has 3 aliphatic rings. The van der Waals surface area contributed by atoms with Crippen molar-refractivity contribution < 1.29 is 19.4 Å². The lowest BCUT2D eigenvalue weighted by molar-refractivity contribution is -0.141. The predicted octanol–water partition coefficient (Wildman–Crippen LogP) is 5.41. The molecule has 0 radical (unpaired) electrons. The van der Waals surface area contributed by atoms with E-state index >= 15 is 0 Å². The summed E-state index contributed by atoms with van der Waals surface area (Å²) in [5.41, 5.74) is 6.82. The number of rotatable bonds is 8. The van der Waals surface area contributed by atoms with Gasteiger partial charge < -0.3 is 14.6 Å². The number of nitrogens with zero attached hydrogens (tertiary/aromatic N) is 3. The summed E-state index contributed by atoms with van der Waals surface area (Å²) in [6.45, 7) is 4.81. The number of carboxylic acid groups (broad SMARTS) is 1. The predicted molar refractivity (Wildman–Crippen MR) is 146 cm³/mol. The number of fused-ring (bicyclic) bond motifs is 2. The summed E-state index contributed by atoms with van der Waals surface area (Å²) >= 11 is 0. The van der Waals surface area contributed by atoms with Crippen LogP contribution in [0.4, 0.5) is 0 Å². The van der Waals surface area contributed by atoms with Crippen LogP contribution in [-0.2, 0) is 24.2 Å². The maximum atomic E-state index is 11.3.